The molecule has 0 spiro atoms. The predicted octanol–water partition coefficient (Wildman–Crippen LogP) is 5.90. The number of nitrogens with zero attached hydrogens (tertiary/aromatic N) is 4. The standard InChI is InChI=1S/C22H17BrN4S/c23-19-10-12-20(13-11-19)27-21(18-9-4-14-24-16-18)25-26-22(27)28-15-5-8-17-6-2-1-3-7-17/h1-14,16H,15H2/b8-5+. The van der Waals surface area contributed by atoms with Gasteiger partial charge >= 0.3 is 0 Å². The third-order valence-electron chi connectivity index (χ3n) is 4.06. The van der Waals surface area contributed by atoms with Gasteiger partial charge in [-0.05, 0) is 42.0 Å². The van der Waals surface area contributed by atoms with Crippen molar-refractivity contribution in [1.82, 2.24) is 19.7 Å². The highest BCUT2D eigenvalue weighted by Gasteiger charge is 2.15. The van der Waals surface area contributed by atoms with Crippen molar-refractivity contribution in [3.63, 3.8) is 0 Å². The summed E-state index contributed by atoms with van der Waals surface area (Å²) in [6, 6.07) is 22.3. The van der Waals surface area contributed by atoms with Crippen molar-refractivity contribution < 1.29 is 0 Å². The highest BCUT2D eigenvalue weighted by molar-refractivity contribution is 9.10. The van der Waals surface area contributed by atoms with E-state index in [0.717, 1.165) is 32.5 Å². The molecule has 0 saturated heterocycles. The van der Waals surface area contributed by atoms with Crippen molar-refractivity contribution in [2.75, 3.05) is 5.75 Å². The fourth-order valence-electron chi connectivity index (χ4n) is 2.74. The van der Waals surface area contributed by atoms with Crippen molar-refractivity contribution in [3.05, 3.63) is 95.2 Å². The fraction of sp³-hybridized carbons (Fsp3) is 0.0455. The first-order valence-electron chi connectivity index (χ1n) is 8.77. The van der Waals surface area contributed by atoms with Gasteiger partial charge in [-0.1, -0.05) is 70.2 Å². The Bertz CT molecular complexity index is 1060. The predicted molar refractivity (Wildman–Crippen MR) is 118 cm³/mol. The van der Waals surface area contributed by atoms with Crippen molar-refractivity contribution in [2.24, 2.45) is 0 Å². The monoisotopic (exact) mass is 448 g/mol. The van der Waals surface area contributed by atoms with Crippen LogP contribution in [0.25, 0.3) is 23.2 Å². The molecule has 6 heteroatoms. The minimum Gasteiger partial charge on any atom is -0.270 e. The van der Waals surface area contributed by atoms with Crippen molar-refractivity contribution in [1.29, 1.82) is 0 Å². The quantitative estimate of drug-likeness (QED) is 0.344. The molecular weight excluding hydrogens is 432 g/mol. The number of rotatable bonds is 6. The van der Waals surface area contributed by atoms with Gasteiger partial charge in [0, 0.05) is 33.9 Å². The number of halogens is 1. The smallest absolute Gasteiger partial charge is 0.196 e. The van der Waals surface area contributed by atoms with Crippen molar-refractivity contribution >= 4 is 33.8 Å². The summed E-state index contributed by atoms with van der Waals surface area (Å²) < 4.78 is 3.11. The number of hydrogen-bond acceptors (Lipinski definition) is 4. The van der Waals surface area contributed by atoms with Crippen molar-refractivity contribution in [2.45, 2.75) is 5.16 Å². The van der Waals surface area contributed by atoms with E-state index >= 15 is 0 Å². The van der Waals surface area contributed by atoms with Crippen LogP contribution in [0, 0.1) is 0 Å². The van der Waals surface area contributed by atoms with Gasteiger partial charge in [-0.25, -0.2) is 0 Å². The second-order valence-corrected chi connectivity index (χ2v) is 7.89. The maximum absolute atomic E-state index is 4.44. The molecule has 0 radical (unpaired) electrons. The second-order valence-electron chi connectivity index (χ2n) is 5.98. The molecule has 0 amide bonds. The SMILES string of the molecule is Brc1ccc(-n2c(SC/C=C/c3ccccc3)nnc2-c2cccnc2)cc1. The molecule has 0 aliphatic heterocycles. The summed E-state index contributed by atoms with van der Waals surface area (Å²) in [4.78, 5) is 4.22. The number of pyridine rings is 1. The molecule has 2 aromatic heterocycles. The summed E-state index contributed by atoms with van der Waals surface area (Å²) in [5.41, 5.74) is 3.14. The molecule has 2 aromatic carbocycles. The van der Waals surface area contributed by atoms with E-state index in [9.17, 15) is 0 Å². The first kappa shape index (κ1) is 18.7. The molecule has 0 fully saturated rings. The van der Waals surface area contributed by atoms with Gasteiger partial charge in [-0.15, -0.1) is 10.2 Å². The Morgan fingerprint density at radius 2 is 1.75 bits per heavy atom. The Labute approximate surface area is 176 Å². The first-order valence-corrected chi connectivity index (χ1v) is 10.6. The molecule has 4 rings (SSSR count). The highest BCUT2D eigenvalue weighted by atomic mass is 79.9. The third-order valence-corrected chi connectivity index (χ3v) is 5.47. The van der Waals surface area contributed by atoms with Crippen LogP contribution in [-0.2, 0) is 0 Å². The summed E-state index contributed by atoms with van der Waals surface area (Å²) in [6.07, 6.45) is 7.83. The van der Waals surface area contributed by atoms with Crippen LogP contribution in [0.5, 0.6) is 0 Å². The van der Waals surface area contributed by atoms with Crippen LogP contribution in [0.4, 0.5) is 0 Å². The van der Waals surface area contributed by atoms with Crippen LogP contribution in [0.15, 0.2) is 94.8 Å². The van der Waals surface area contributed by atoms with E-state index in [1.165, 1.54) is 5.56 Å². The molecule has 2 heterocycles. The molecule has 0 atom stereocenters. The fourth-order valence-corrected chi connectivity index (χ4v) is 3.76. The molecule has 138 valence electrons. The molecule has 28 heavy (non-hydrogen) atoms. The van der Waals surface area contributed by atoms with E-state index in [1.807, 2.05) is 48.7 Å². The molecule has 0 N–H and O–H groups in total. The molecule has 4 aromatic rings. The van der Waals surface area contributed by atoms with E-state index in [0.29, 0.717) is 0 Å². The Hall–Kier alpha value is -2.70. The van der Waals surface area contributed by atoms with E-state index in [2.05, 4.69) is 72.1 Å². The van der Waals surface area contributed by atoms with Crippen LogP contribution in [0.3, 0.4) is 0 Å². The van der Waals surface area contributed by atoms with Gasteiger partial charge in [0.15, 0.2) is 11.0 Å². The Morgan fingerprint density at radius 3 is 2.50 bits per heavy atom. The van der Waals surface area contributed by atoms with Gasteiger partial charge in [0.2, 0.25) is 0 Å². The number of hydrogen-bond donors (Lipinski definition) is 0. The van der Waals surface area contributed by atoms with Gasteiger partial charge in [0.25, 0.3) is 0 Å². The van der Waals surface area contributed by atoms with Crippen LogP contribution >= 0.6 is 27.7 Å². The first-order chi connectivity index (χ1) is 13.8. The highest BCUT2D eigenvalue weighted by Crippen LogP contribution is 2.28. The zero-order chi connectivity index (χ0) is 19.2. The summed E-state index contributed by atoms with van der Waals surface area (Å²) in [5, 5.41) is 9.72. The molecule has 0 aliphatic rings. The third kappa shape index (κ3) is 4.40. The second kappa shape index (κ2) is 8.99. The zero-order valence-corrected chi connectivity index (χ0v) is 17.3. The molecular formula is C22H17BrN4S. The lowest BCUT2D eigenvalue weighted by Gasteiger charge is -2.10. The van der Waals surface area contributed by atoms with Gasteiger partial charge in [0.1, 0.15) is 0 Å². The van der Waals surface area contributed by atoms with Gasteiger partial charge in [-0.3, -0.25) is 9.55 Å². The minimum absolute atomic E-state index is 0.782. The molecule has 0 bridgehead atoms. The van der Waals surface area contributed by atoms with Crippen molar-refractivity contribution in [3.8, 4) is 17.1 Å². The van der Waals surface area contributed by atoms with Gasteiger partial charge in [0.05, 0.1) is 0 Å². The Morgan fingerprint density at radius 1 is 0.929 bits per heavy atom. The number of aromatic nitrogens is 4. The topological polar surface area (TPSA) is 43.6 Å². The summed E-state index contributed by atoms with van der Waals surface area (Å²) in [6.45, 7) is 0. The molecule has 0 aliphatic carbocycles. The number of benzene rings is 2. The molecule has 0 unspecified atom stereocenters. The molecule has 0 saturated carbocycles. The minimum atomic E-state index is 0.782. The summed E-state index contributed by atoms with van der Waals surface area (Å²) >= 11 is 5.15. The lowest BCUT2D eigenvalue weighted by molar-refractivity contribution is 0.887. The average molecular weight is 449 g/mol. The van der Waals surface area contributed by atoms with Crippen LogP contribution in [0.1, 0.15) is 5.56 Å². The van der Waals surface area contributed by atoms with Crippen LogP contribution < -0.4 is 0 Å². The number of thioether (sulfide) groups is 1. The van der Waals surface area contributed by atoms with E-state index in [4.69, 9.17) is 0 Å². The maximum Gasteiger partial charge on any atom is 0.196 e. The van der Waals surface area contributed by atoms with Crippen LogP contribution in [0.2, 0.25) is 0 Å². The van der Waals surface area contributed by atoms with Gasteiger partial charge < -0.3 is 0 Å². The van der Waals surface area contributed by atoms with E-state index < -0.39 is 0 Å². The zero-order valence-electron chi connectivity index (χ0n) is 14.9. The van der Waals surface area contributed by atoms with E-state index in [1.54, 1.807) is 18.0 Å². The normalized spacial score (nSPS) is 11.2. The van der Waals surface area contributed by atoms with E-state index in [-0.39, 0.29) is 0 Å². The average Bonchev–Trinajstić information content (AvgIpc) is 3.17. The molecule has 4 nitrogen and oxygen atoms in total. The lowest BCUT2D eigenvalue weighted by atomic mass is 10.2. The Kier molecular flexibility index (Phi) is 5.99. The largest absolute Gasteiger partial charge is 0.270 e. The summed E-state index contributed by atoms with van der Waals surface area (Å²) in [5.74, 6) is 1.58. The Balaban J connectivity index is 1.62. The van der Waals surface area contributed by atoms with Crippen LogP contribution in [-0.4, -0.2) is 25.5 Å². The van der Waals surface area contributed by atoms with Gasteiger partial charge in [-0.2, -0.15) is 0 Å². The summed E-state index contributed by atoms with van der Waals surface area (Å²) in [7, 11) is 0. The maximum atomic E-state index is 4.44. The lowest BCUT2D eigenvalue weighted by Crippen LogP contribution is -1.99.